The summed E-state index contributed by atoms with van der Waals surface area (Å²) in [5.41, 5.74) is 0. The quantitative estimate of drug-likeness (QED) is 0.428. The van der Waals surface area contributed by atoms with E-state index in [1.54, 1.807) is 29.3 Å². The number of allylic oxidation sites excluding steroid dienone is 4. The third-order valence-corrected chi connectivity index (χ3v) is 9.44. The molecule has 0 unspecified atom stereocenters. The lowest BCUT2D eigenvalue weighted by Gasteiger charge is -2.00. The Hall–Kier alpha value is -0.340. The molecule has 0 radical (unpaired) electrons. The van der Waals surface area contributed by atoms with Gasteiger partial charge >= 0.3 is 0 Å². The van der Waals surface area contributed by atoms with Crippen LogP contribution in [-0.2, 0) is 0 Å². The molecule has 3 heterocycles. The van der Waals surface area contributed by atoms with Gasteiger partial charge in [-0.05, 0) is 42.0 Å². The van der Waals surface area contributed by atoms with E-state index in [-0.39, 0.29) is 0 Å². The topological polar surface area (TPSA) is 24.7 Å². The fourth-order valence-electron chi connectivity index (χ4n) is 1.65. The molecule has 0 spiro atoms. The Morgan fingerprint density at radius 3 is 2.14 bits per heavy atom. The Balaban J connectivity index is 1.64. The van der Waals surface area contributed by atoms with Crippen molar-refractivity contribution in [2.45, 2.75) is 20.8 Å². The monoisotopic (exact) mass is 382 g/mol. The minimum atomic E-state index is 1.12. The summed E-state index contributed by atoms with van der Waals surface area (Å²) in [5, 5.41) is 10.3. The van der Waals surface area contributed by atoms with Crippen LogP contribution in [0.4, 0.5) is 0 Å². The minimum absolute atomic E-state index is 1.12. The van der Waals surface area contributed by atoms with Gasteiger partial charge in [0.2, 0.25) is 0 Å². The molecule has 0 fully saturated rings. The predicted octanol–water partition coefficient (Wildman–Crippen LogP) is 6.72. The lowest BCUT2D eigenvalue weighted by atomic mass is 10.5. The standard InChI is InChI=1S/C15H14N2S5/c1-9-10(2)20-14(19-9)15-21-11(3)13(22-15)8-17-16-7-12-5-4-6-18-12/h4-8H,1-3H3/b16-7+,17-8+. The highest BCUT2D eigenvalue weighted by atomic mass is 32.2. The maximum absolute atomic E-state index is 4.18. The van der Waals surface area contributed by atoms with E-state index in [0.717, 1.165) is 4.88 Å². The molecule has 0 saturated carbocycles. The molecule has 2 aliphatic heterocycles. The summed E-state index contributed by atoms with van der Waals surface area (Å²) < 4.78 is 2.77. The van der Waals surface area contributed by atoms with Crippen LogP contribution in [0.15, 0.2) is 55.8 Å². The highest BCUT2D eigenvalue weighted by molar-refractivity contribution is 8.34. The van der Waals surface area contributed by atoms with E-state index in [1.807, 2.05) is 59.0 Å². The van der Waals surface area contributed by atoms with Crippen LogP contribution in [0.5, 0.6) is 0 Å². The Kier molecular flexibility index (Phi) is 5.62. The van der Waals surface area contributed by atoms with Gasteiger partial charge < -0.3 is 0 Å². The second kappa shape index (κ2) is 7.49. The maximum Gasteiger partial charge on any atom is 0.0703 e. The Morgan fingerprint density at radius 2 is 1.45 bits per heavy atom. The number of thiophene rings is 1. The zero-order chi connectivity index (χ0) is 15.5. The summed E-state index contributed by atoms with van der Waals surface area (Å²) in [6.45, 7) is 6.52. The minimum Gasteiger partial charge on any atom is -0.158 e. The van der Waals surface area contributed by atoms with Gasteiger partial charge in [0.25, 0.3) is 0 Å². The van der Waals surface area contributed by atoms with Crippen molar-refractivity contribution >= 4 is 70.8 Å². The molecule has 0 aromatic carbocycles. The molecule has 2 nitrogen and oxygen atoms in total. The second-order valence-corrected chi connectivity index (χ2v) is 10.7. The fourth-order valence-corrected chi connectivity index (χ4v) is 7.51. The van der Waals surface area contributed by atoms with Crippen LogP contribution in [0.25, 0.3) is 0 Å². The Labute approximate surface area is 151 Å². The van der Waals surface area contributed by atoms with E-state index in [4.69, 9.17) is 0 Å². The van der Waals surface area contributed by atoms with Crippen LogP contribution in [0, 0.1) is 0 Å². The smallest absolute Gasteiger partial charge is 0.0703 e. The summed E-state index contributed by atoms with van der Waals surface area (Å²) in [5.74, 6) is 0. The number of thioether (sulfide) groups is 4. The summed E-state index contributed by atoms with van der Waals surface area (Å²) in [6.07, 6.45) is 3.66. The molecule has 0 bridgehead atoms. The molecule has 114 valence electrons. The number of hydrogen-bond donors (Lipinski definition) is 0. The zero-order valence-corrected chi connectivity index (χ0v) is 16.4. The van der Waals surface area contributed by atoms with E-state index in [9.17, 15) is 0 Å². The molecule has 0 amide bonds. The molecular weight excluding hydrogens is 369 g/mol. The summed E-state index contributed by atoms with van der Waals surface area (Å²) in [4.78, 5) is 6.43. The SMILES string of the molecule is CC1=C(C)SC(=C2SC(C)=C(/C=N/N=C/c3cccs3)S2)S1. The molecular formula is C15H14N2S5. The van der Waals surface area contributed by atoms with Gasteiger partial charge in [0.15, 0.2) is 0 Å². The molecule has 22 heavy (non-hydrogen) atoms. The van der Waals surface area contributed by atoms with Crippen LogP contribution in [0.1, 0.15) is 25.6 Å². The third-order valence-electron chi connectivity index (χ3n) is 2.92. The second-order valence-electron chi connectivity index (χ2n) is 4.52. The predicted molar refractivity (Wildman–Crippen MR) is 109 cm³/mol. The highest BCUT2D eigenvalue weighted by Gasteiger charge is 2.25. The van der Waals surface area contributed by atoms with Crippen molar-refractivity contribution in [3.8, 4) is 0 Å². The first kappa shape index (κ1) is 16.5. The van der Waals surface area contributed by atoms with Crippen molar-refractivity contribution in [2.24, 2.45) is 10.2 Å². The van der Waals surface area contributed by atoms with Gasteiger partial charge in [-0.2, -0.15) is 10.2 Å². The van der Waals surface area contributed by atoms with E-state index in [1.165, 1.54) is 28.1 Å². The molecule has 1 aromatic heterocycles. The first-order chi connectivity index (χ1) is 10.6. The first-order valence-corrected chi connectivity index (χ1v) is 10.7. The summed E-state index contributed by atoms with van der Waals surface area (Å²) in [7, 11) is 0. The largest absolute Gasteiger partial charge is 0.158 e. The average Bonchev–Trinajstić information content (AvgIpc) is 3.19. The molecule has 7 heteroatoms. The van der Waals surface area contributed by atoms with Crippen molar-refractivity contribution in [1.29, 1.82) is 0 Å². The summed E-state index contributed by atoms with van der Waals surface area (Å²) in [6, 6.07) is 4.04. The normalized spacial score (nSPS) is 19.8. The number of hydrogen-bond acceptors (Lipinski definition) is 7. The van der Waals surface area contributed by atoms with Crippen molar-refractivity contribution in [3.63, 3.8) is 0 Å². The van der Waals surface area contributed by atoms with Crippen LogP contribution >= 0.6 is 58.4 Å². The maximum atomic E-state index is 4.18. The molecule has 0 N–H and O–H groups in total. The summed E-state index contributed by atoms with van der Waals surface area (Å²) >= 11 is 9.07. The van der Waals surface area contributed by atoms with Gasteiger partial charge in [-0.25, -0.2) is 0 Å². The number of rotatable bonds is 3. The first-order valence-electron chi connectivity index (χ1n) is 6.57. The Bertz CT molecular complexity index is 707. The van der Waals surface area contributed by atoms with E-state index in [2.05, 4.69) is 31.0 Å². The fraction of sp³-hybridized carbons (Fsp3) is 0.200. The van der Waals surface area contributed by atoms with Crippen LogP contribution in [-0.4, -0.2) is 12.4 Å². The van der Waals surface area contributed by atoms with Gasteiger partial charge in [0.1, 0.15) is 0 Å². The van der Waals surface area contributed by atoms with Crippen molar-refractivity contribution in [2.75, 3.05) is 0 Å². The van der Waals surface area contributed by atoms with E-state index in [0.29, 0.717) is 0 Å². The lowest BCUT2D eigenvalue weighted by Crippen LogP contribution is -1.77. The average molecular weight is 383 g/mol. The van der Waals surface area contributed by atoms with Gasteiger partial charge in [-0.1, -0.05) is 53.1 Å². The van der Waals surface area contributed by atoms with Crippen molar-refractivity contribution < 1.29 is 0 Å². The lowest BCUT2D eigenvalue weighted by molar-refractivity contribution is 1.27. The molecule has 2 aliphatic rings. The van der Waals surface area contributed by atoms with Crippen LogP contribution in [0.2, 0.25) is 0 Å². The van der Waals surface area contributed by atoms with Gasteiger partial charge in [0.05, 0.1) is 20.9 Å². The van der Waals surface area contributed by atoms with E-state index < -0.39 is 0 Å². The van der Waals surface area contributed by atoms with Gasteiger partial charge in [0, 0.05) is 14.7 Å². The zero-order valence-electron chi connectivity index (χ0n) is 12.3. The third kappa shape index (κ3) is 3.94. The highest BCUT2D eigenvalue weighted by Crippen LogP contribution is 2.59. The van der Waals surface area contributed by atoms with Crippen LogP contribution in [0.3, 0.4) is 0 Å². The Morgan fingerprint density at radius 1 is 0.818 bits per heavy atom. The van der Waals surface area contributed by atoms with Crippen molar-refractivity contribution in [3.05, 3.63) is 50.5 Å². The number of nitrogens with zero attached hydrogens (tertiary/aromatic N) is 2. The van der Waals surface area contributed by atoms with Crippen LogP contribution < -0.4 is 0 Å². The van der Waals surface area contributed by atoms with Crippen molar-refractivity contribution in [1.82, 2.24) is 0 Å². The molecule has 1 aromatic rings. The van der Waals surface area contributed by atoms with Gasteiger partial charge in [-0.15, -0.1) is 11.3 Å². The molecule has 0 aliphatic carbocycles. The van der Waals surface area contributed by atoms with E-state index >= 15 is 0 Å². The molecule has 3 rings (SSSR count). The molecule has 0 atom stereocenters. The van der Waals surface area contributed by atoms with Gasteiger partial charge in [-0.3, -0.25) is 0 Å². The molecule has 0 saturated heterocycles.